The summed E-state index contributed by atoms with van der Waals surface area (Å²) in [5, 5.41) is 2.88. The van der Waals surface area contributed by atoms with Crippen molar-refractivity contribution >= 4 is 11.7 Å². The van der Waals surface area contributed by atoms with E-state index >= 15 is 0 Å². The number of benzene rings is 2. The van der Waals surface area contributed by atoms with Crippen LogP contribution in [0.1, 0.15) is 17.0 Å². The van der Waals surface area contributed by atoms with Gasteiger partial charge in [0.1, 0.15) is 11.6 Å². The van der Waals surface area contributed by atoms with Gasteiger partial charge < -0.3 is 24.3 Å². The summed E-state index contributed by atoms with van der Waals surface area (Å²) in [6.07, 6.45) is 1.69. The molecule has 1 saturated heterocycles. The number of ether oxygens (including phenoxy) is 1. The minimum absolute atomic E-state index is 0.140. The predicted octanol–water partition coefficient (Wildman–Crippen LogP) is 4.14. The lowest BCUT2D eigenvalue weighted by molar-refractivity contribution is 0.194. The third kappa shape index (κ3) is 4.69. The van der Waals surface area contributed by atoms with Crippen LogP contribution in [0.3, 0.4) is 0 Å². The number of methoxy groups -OCH3 is 1. The fourth-order valence-electron chi connectivity index (χ4n) is 3.77. The Kier molecular flexibility index (Phi) is 6.30. The summed E-state index contributed by atoms with van der Waals surface area (Å²) >= 11 is 0. The molecule has 0 radical (unpaired) electrons. The molecule has 0 aliphatic carbocycles. The first-order valence-electron chi connectivity index (χ1n) is 10.6. The Balaban J connectivity index is 1.34. The van der Waals surface area contributed by atoms with Gasteiger partial charge in [0.15, 0.2) is 11.7 Å². The molecule has 0 spiro atoms. The molecule has 7 nitrogen and oxygen atoms in total. The number of oxazole rings is 1. The highest BCUT2D eigenvalue weighted by atomic mass is 19.1. The molecule has 1 aliphatic rings. The first-order chi connectivity index (χ1) is 15.4. The zero-order valence-electron chi connectivity index (χ0n) is 18.5. The average Bonchev–Trinajstić information content (AvgIpc) is 3.25. The zero-order valence-corrected chi connectivity index (χ0v) is 18.5. The number of anilines is 1. The number of hydrogen-bond donors (Lipinski definition) is 1. The Morgan fingerprint density at radius 2 is 1.94 bits per heavy atom. The molecule has 0 unspecified atom stereocenters. The van der Waals surface area contributed by atoms with Crippen LogP contribution in [0, 0.1) is 19.7 Å². The molecule has 32 heavy (non-hydrogen) atoms. The molecule has 2 heterocycles. The zero-order chi connectivity index (χ0) is 22.7. The largest absolute Gasteiger partial charge is 0.496 e. The van der Waals surface area contributed by atoms with Crippen molar-refractivity contribution in [2.45, 2.75) is 20.4 Å². The summed E-state index contributed by atoms with van der Waals surface area (Å²) in [5.41, 5.74) is 3.21. The number of aromatic nitrogens is 1. The van der Waals surface area contributed by atoms with Crippen molar-refractivity contribution < 1.29 is 18.3 Å². The van der Waals surface area contributed by atoms with E-state index in [1.807, 2.05) is 24.3 Å². The molecule has 3 aromatic rings. The van der Waals surface area contributed by atoms with Gasteiger partial charge >= 0.3 is 6.03 Å². The average molecular weight is 439 g/mol. The first kappa shape index (κ1) is 21.7. The van der Waals surface area contributed by atoms with Crippen molar-refractivity contribution in [3.63, 3.8) is 0 Å². The Bertz CT molecular complexity index is 1110. The molecule has 2 aromatic carbocycles. The normalized spacial score (nSPS) is 13.9. The second-order valence-electron chi connectivity index (χ2n) is 7.84. The number of aryl methyl sites for hydroxylation is 2. The second kappa shape index (κ2) is 9.30. The maximum atomic E-state index is 13.7. The maximum absolute atomic E-state index is 13.7. The summed E-state index contributed by atoms with van der Waals surface area (Å²) in [7, 11) is 1.63. The third-order valence-electron chi connectivity index (χ3n) is 5.68. The fourth-order valence-corrected chi connectivity index (χ4v) is 3.77. The minimum atomic E-state index is -0.259. The number of nitrogens with zero attached hydrogens (tertiary/aromatic N) is 3. The van der Waals surface area contributed by atoms with Gasteiger partial charge in [-0.25, -0.2) is 14.2 Å². The van der Waals surface area contributed by atoms with Crippen LogP contribution < -0.4 is 15.0 Å². The third-order valence-corrected chi connectivity index (χ3v) is 5.68. The number of rotatable bonds is 5. The summed E-state index contributed by atoms with van der Waals surface area (Å²) in [4.78, 5) is 20.7. The van der Waals surface area contributed by atoms with Crippen LogP contribution in [0.5, 0.6) is 5.75 Å². The number of urea groups is 1. The molecule has 1 fully saturated rings. The van der Waals surface area contributed by atoms with Crippen LogP contribution in [0.2, 0.25) is 0 Å². The molecule has 0 atom stereocenters. The van der Waals surface area contributed by atoms with Gasteiger partial charge in [-0.05, 0) is 36.2 Å². The maximum Gasteiger partial charge on any atom is 0.317 e. The van der Waals surface area contributed by atoms with E-state index in [1.165, 1.54) is 6.07 Å². The summed E-state index contributed by atoms with van der Waals surface area (Å²) < 4.78 is 24.9. The van der Waals surface area contributed by atoms with Gasteiger partial charge in [-0.15, -0.1) is 0 Å². The van der Waals surface area contributed by atoms with Crippen LogP contribution in [-0.2, 0) is 6.54 Å². The van der Waals surface area contributed by atoms with Crippen LogP contribution in [0.15, 0.2) is 47.0 Å². The fraction of sp³-hybridized carbons (Fsp3) is 0.333. The van der Waals surface area contributed by atoms with Gasteiger partial charge in [0.05, 0.1) is 18.9 Å². The number of carbonyl (C=O) groups is 1. The molecule has 0 saturated carbocycles. The molecular formula is C24H27FN4O3. The van der Waals surface area contributed by atoms with Crippen molar-refractivity contribution in [3.05, 3.63) is 65.4 Å². The first-order valence-corrected chi connectivity index (χ1v) is 10.6. The molecule has 1 aliphatic heterocycles. The van der Waals surface area contributed by atoms with E-state index in [9.17, 15) is 9.18 Å². The number of piperazine rings is 1. The molecule has 1 aromatic heterocycles. The van der Waals surface area contributed by atoms with Crippen molar-refractivity contribution in [2.75, 3.05) is 38.2 Å². The minimum Gasteiger partial charge on any atom is -0.496 e. The van der Waals surface area contributed by atoms with E-state index in [-0.39, 0.29) is 11.8 Å². The lowest BCUT2D eigenvalue weighted by atomic mass is 10.1. The van der Waals surface area contributed by atoms with Gasteiger partial charge in [-0.2, -0.15) is 0 Å². The number of halogens is 1. The van der Waals surface area contributed by atoms with Gasteiger partial charge in [0.2, 0.25) is 0 Å². The number of amides is 2. The van der Waals surface area contributed by atoms with Gasteiger partial charge in [0.25, 0.3) is 0 Å². The number of hydrogen-bond acceptors (Lipinski definition) is 5. The standard InChI is InChI=1S/C24H27FN4O3/c1-16-4-5-18(12-21(16)25)14-27-24(30)29-10-8-28(9-11-29)19-6-7-20(22(13-19)31-3)23-15-26-17(2)32-23/h4-7,12-13,15H,8-11,14H2,1-3H3,(H,27,30). The van der Waals surface area contributed by atoms with Gasteiger partial charge in [-0.1, -0.05) is 12.1 Å². The smallest absolute Gasteiger partial charge is 0.317 e. The Hall–Kier alpha value is -3.55. The summed E-state index contributed by atoms with van der Waals surface area (Å²) in [5.74, 6) is 1.73. The Labute approximate surface area is 186 Å². The molecule has 2 amide bonds. The van der Waals surface area contributed by atoms with E-state index in [4.69, 9.17) is 9.15 Å². The van der Waals surface area contributed by atoms with Crippen molar-refractivity contribution in [1.29, 1.82) is 0 Å². The van der Waals surface area contributed by atoms with Crippen LogP contribution in [0.4, 0.5) is 14.9 Å². The Morgan fingerprint density at radius 1 is 1.16 bits per heavy atom. The van der Waals surface area contributed by atoms with Crippen molar-refractivity contribution in [2.24, 2.45) is 0 Å². The highest BCUT2D eigenvalue weighted by Gasteiger charge is 2.22. The van der Waals surface area contributed by atoms with E-state index in [2.05, 4.69) is 15.2 Å². The van der Waals surface area contributed by atoms with E-state index in [0.29, 0.717) is 55.7 Å². The van der Waals surface area contributed by atoms with Gasteiger partial charge in [-0.3, -0.25) is 0 Å². The van der Waals surface area contributed by atoms with E-state index < -0.39 is 0 Å². The molecule has 1 N–H and O–H groups in total. The molecule has 0 bridgehead atoms. The lowest BCUT2D eigenvalue weighted by Gasteiger charge is -2.36. The van der Waals surface area contributed by atoms with E-state index in [1.54, 1.807) is 38.1 Å². The molecular weight excluding hydrogens is 411 g/mol. The van der Waals surface area contributed by atoms with Crippen molar-refractivity contribution in [3.8, 4) is 17.1 Å². The van der Waals surface area contributed by atoms with Crippen molar-refractivity contribution in [1.82, 2.24) is 15.2 Å². The van der Waals surface area contributed by atoms with Crippen LogP contribution >= 0.6 is 0 Å². The monoisotopic (exact) mass is 438 g/mol. The lowest BCUT2D eigenvalue weighted by Crippen LogP contribution is -2.51. The SMILES string of the molecule is COc1cc(N2CCN(C(=O)NCc3ccc(C)c(F)c3)CC2)ccc1-c1cnc(C)o1. The second-order valence-corrected chi connectivity index (χ2v) is 7.84. The Morgan fingerprint density at radius 3 is 2.59 bits per heavy atom. The molecule has 4 rings (SSSR count). The number of nitrogens with one attached hydrogen (secondary N) is 1. The van der Waals surface area contributed by atoms with Crippen LogP contribution in [0.25, 0.3) is 11.3 Å². The highest BCUT2D eigenvalue weighted by molar-refractivity contribution is 5.75. The van der Waals surface area contributed by atoms with Gasteiger partial charge in [0, 0.05) is 51.4 Å². The topological polar surface area (TPSA) is 70.8 Å². The highest BCUT2D eigenvalue weighted by Crippen LogP contribution is 2.34. The molecule has 8 heteroatoms. The summed E-state index contributed by atoms with van der Waals surface area (Å²) in [6, 6.07) is 10.8. The number of carbonyl (C=O) groups excluding carboxylic acids is 1. The van der Waals surface area contributed by atoms with E-state index in [0.717, 1.165) is 16.8 Å². The molecule has 168 valence electrons. The van der Waals surface area contributed by atoms with Crippen LogP contribution in [-0.4, -0.2) is 49.2 Å². The predicted molar refractivity (Wildman–Crippen MR) is 120 cm³/mol. The summed E-state index contributed by atoms with van der Waals surface area (Å²) in [6.45, 7) is 6.43. The quantitative estimate of drug-likeness (QED) is 0.648.